The highest BCUT2D eigenvalue weighted by atomic mass is 35.5. The van der Waals surface area contributed by atoms with Crippen LogP contribution in [0.15, 0.2) is 59.2 Å². The monoisotopic (exact) mass is 379 g/mol. The first kappa shape index (κ1) is 16.7. The maximum absolute atomic E-state index is 12.2. The van der Waals surface area contributed by atoms with Crippen LogP contribution in [0.25, 0.3) is 0 Å². The van der Waals surface area contributed by atoms with E-state index in [1.165, 1.54) is 23.6 Å². The first-order valence-electron chi connectivity index (χ1n) is 6.90. The van der Waals surface area contributed by atoms with Crippen LogP contribution in [-0.2, 0) is 6.54 Å². The maximum atomic E-state index is 12.2. The summed E-state index contributed by atoms with van der Waals surface area (Å²) in [5.74, 6) is -0.594. The van der Waals surface area contributed by atoms with Crippen LogP contribution in [0.4, 0.5) is 0 Å². The highest BCUT2D eigenvalue weighted by Gasteiger charge is 2.14. The zero-order valence-electron chi connectivity index (χ0n) is 12.2. The van der Waals surface area contributed by atoms with Gasteiger partial charge < -0.3 is 9.77 Å². The summed E-state index contributed by atoms with van der Waals surface area (Å²) in [6, 6.07) is 9.85. The molecule has 8 heteroatoms. The van der Waals surface area contributed by atoms with Crippen molar-refractivity contribution < 1.29 is 9.52 Å². The molecule has 1 amide bonds. The number of amides is 1. The number of benzene rings is 1. The van der Waals surface area contributed by atoms with Gasteiger partial charge in [-0.3, -0.25) is 4.79 Å². The number of carbonyl (C=O) groups is 1. The number of thiazole rings is 1. The molecule has 0 unspecified atom stereocenters. The fourth-order valence-electron chi connectivity index (χ4n) is 2.08. The SMILES string of the molecule is O=C(N=c1sccn1Cc1ccc(Cl)cc1Cl)c1cccc[n+]1[O-]. The molecule has 0 aliphatic heterocycles. The lowest BCUT2D eigenvalue weighted by Crippen LogP contribution is -2.34. The summed E-state index contributed by atoms with van der Waals surface area (Å²) < 4.78 is 2.29. The van der Waals surface area contributed by atoms with Gasteiger partial charge in [0.15, 0.2) is 11.0 Å². The Morgan fingerprint density at radius 2 is 2.12 bits per heavy atom. The van der Waals surface area contributed by atoms with Crippen molar-refractivity contribution >= 4 is 40.4 Å². The van der Waals surface area contributed by atoms with Crippen LogP contribution < -0.4 is 9.53 Å². The van der Waals surface area contributed by atoms with Crippen molar-refractivity contribution in [2.45, 2.75) is 6.54 Å². The van der Waals surface area contributed by atoms with Gasteiger partial charge in [-0.25, -0.2) is 0 Å². The van der Waals surface area contributed by atoms with Crippen LogP contribution in [0.2, 0.25) is 10.0 Å². The molecule has 0 saturated carbocycles. The zero-order valence-corrected chi connectivity index (χ0v) is 14.6. The molecule has 0 spiro atoms. The smallest absolute Gasteiger partial charge is 0.345 e. The van der Waals surface area contributed by atoms with Crippen molar-refractivity contribution in [2.75, 3.05) is 0 Å². The summed E-state index contributed by atoms with van der Waals surface area (Å²) in [6.45, 7) is 0.442. The van der Waals surface area contributed by atoms with E-state index in [1.54, 1.807) is 35.0 Å². The molecule has 2 aromatic heterocycles. The molecule has 1 aromatic carbocycles. The predicted molar refractivity (Wildman–Crippen MR) is 93.2 cm³/mol. The standard InChI is InChI=1S/C16H11Cl2N3O2S/c17-12-5-4-11(13(18)9-12)10-20-7-8-24-16(20)19-15(22)14-3-1-2-6-21(14)23/h1-9H,10H2. The Morgan fingerprint density at radius 3 is 2.88 bits per heavy atom. The van der Waals surface area contributed by atoms with Gasteiger partial charge in [0.1, 0.15) is 0 Å². The third-order valence-corrected chi connectivity index (χ3v) is 4.64. The molecule has 5 nitrogen and oxygen atoms in total. The van der Waals surface area contributed by atoms with Crippen molar-refractivity contribution in [3.63, 3.8) is 0 Å². The van der Waals surface area contributed by atoms with Crippen molar-refractivity contribution in [1.82, 2.24) is 4.57 Å². The predicted octanol–water partition coefficient (Wildman–Crippen LogP) is 3.28. The highest BCUT2D eigenvalue weighted by molar-refractivity contribution is 7.07. The van der Waals surface area contributed by atoms with E-state index < -0.39 is 5.91 Å². The molecular weight excluding hydrogens is 369 g/mol. The minimum absolute atomic E-state index is 0.0259. The van der Waals surface area contributed by atoms with E-state index in [9.17, 15) is 10.0 Å². The maximum Gasteiger partial charge on any atom is 0.345 e. The molecule has 0 aliphatic rings. The molecule has 2 heterocycles. The van der Waals surface area contributed by atoms with Crippen molar-refractivity contribution in [3.05, 3.63) is 85.5 Å². The number of halogens is 2. The van der Waals surface area contributed by atoms with Gasteiger partial charge in [0.25, 0.3) is 5.69 Å². The van der Waals surface area contributed by atoms with Crippen molar-refractivity contribution in [2.24, 2.45) is 4.99 Å². The van der Waals surface area contributed by atoms with E-state index in [0.29, 0.717) is 26.1 Å². The second kappa shape index (κ2) is 7.17. The normalized spacial score (nSPS) is 11.7. The zero-order chi connectivity index (χ0) is 17.1. The number of aromatic nitrogens is 2. The molecule has 3 aromatic rings. The van der Waals surface area contributed by atoms with Gasteiger partial charge in [0, 0.05) is 33.8 Å². The number of hydrogen-bond donors (Lipinski definition) is 0. The number of carbonyl (C=O) groups excluding carboxylic acids is 1. The molecule has 0 saturated heterocycles. The average Bonchev–Trinajstić information content (AvgIpc) is 2.97. The van der Waals surface area contributed by atoms with Crippen LogP contribution in [0, 0.1) is 5.21 Å². The summed E-state index contributed by atoms with van der Waals surface area (Å²) in [6.07, 6.45) is 3.07. The summed E-state index contributed by atoms with van der Waals surface area (Å²) in [4.78, 5) is 16.7. The van der Waals surface area contributed by atoms with Crippen LogP contribution in [0.3, 0.4) is 0 Å². The Kier molecular flexibility index (Phi) is 4.99. The van der Waals surface area contributed by atoms with Crippen molar-refractivity contribution in [1.29, 1.82) is 0 Å². The highest BCUT2D eigenvalue weighted by Crippen LogP contribution is 2.21. The lowest BCUT2D eigenvalue weighted by molar-refractivity contribution is -0.607. The molecule has 122 valence electrons. The Balaban J connectivity index is 1.93. The Morgan fingerprint density at radius 1 is 1.29 bits per heavy atom. The Hall–Kier alpha value is -2.15. The third-order valence-electron chi connectivity index (χ3n) is 3.26. The second-order valence-electron chi connectivity index (χ2n) is 4.88. The molecule has 0 N–H and O–H groups in total. The summed E-state index contributed by atoms with van der Waals surface area (Å²) in [5, 5.41) is 14.6. The molecule has 0 atom stereocenters. The van der Waals surface area contributed by atoms with E-state index in [0.717, 1.165) is 5.56 Å². The van der Waals surface area contributed by atoms with Gasteiger partial charge in [-0.05, 0) is 23.8 Å². The van der Waals surface area contributed by atoms with E-state index in [-0.39, 0.29) is 5.69 Å². The van der Waals surface area contributed by atoms with Crippen LogP contribution >= 0.6 is 34.5 Å². The number of pyridine rings is 1. The van der Waals surface area contributed by atoms with Gasteiger partial charge in [-0.1, -0.05) is 29.3 Å². The fraction of sp³-hybridized carbons (Fsp3) is 0.0625. The fourth-order valence-corrected chi connectivity index (χ4v) is 3.27. The van der Waals surface area contributed by atoms with Gasteiger partial charge >= 0.3 is 5.91 Å². The third kappa shape index (κ3) is 3.67. The molecule has 0 radical (unpaired) electrons. The minimum atomic E-state index is -0.594. The molecule has 0 aliphatic carbocycles. The summed E-state index contributed by atoms with van der Waals surface area (Å²) >= 11 is 13.4. The van der Waals surface area contributed by atoms with Gasteiger partial charge in [-0.15, -0.1) is 11.3 Å². The van der Waals surface area contributed by atoms with E-state index in [1.807, 2.05) is 11.4 Å². The van der Waals surface area contributed by atoms with Crippen LogP contribution in [0.5, 0.6) is 0 Å². The summed E-state index contributed by atoms with van der Waals surface area (Å²) in [5.41, 5.74) is 0.828. The van der Waals surface area contributed by atoms with E-state index in [2.05, 4.69) is 4.99 Å². The van der Waals surface area contributed by atoms with Crippen LogP contribution in [0.1, 0.15) is 16.1 Å². The molecule has 0 fully saturated rings. The molecule has 0 bridgehead atoms. The minimum Gasteiger partial charge on any atom is -0.618 e. The summed E-state index contributed by atoms with van der Waals surface area (Å²) in [7, 11) is 0. The van der Waals surface area contributed by atoms with E-state index >= 15 is 0 Å². The first-order chi connectivity index (χ1) is 11.5. The van der Waals surface area contributed by atoms with Crippen LogP contribution in [-0.4, -0.2) is 10.5 Å². The molecular formula is C16H11Cl2N3O2S. The van der Waals surface area contributed by atoms with Gasteiger partial charge in [0.2, 0.25) is 0 Å². The van der Waals surface area contributed by atoms with Gasteiger partial charge in [0.05, 0.1) is 6.54 Å². The lowest BCUT2D eigenvalue weighted by Gasteiger charge is -2.06. The molecule has 24 heavy (non-hydrogen) atoms. The van der Waals surface area contributed by atoms with Crippen molar-refractivity contribution in [3.8, 4) is 0 Å². The Bertz CT molecular complexity index is 966. The topological polar surface area (TPSA) is 61.3 Å². The number of nitrogens with zero attached hydrogens (tertiary/aromatic N) is 3. The molecule has 3 rings (SSSR count). The quantitative estimate of drug-likeness (QED) is 0.517. The largest absolute Gasteiger partial charge is 0.618 e. The lowest BCUT2D eigenvalue weighted by atomic mass is 10.2. The first-order valence-corrected chi connectivity index (χ1v) is 8.53. The number of rotatable bonds is 3. The van der Waals surface area contributed by atoms with E-state index in [4.69, 9.17) is 23.2 Å². The second-order valence-corrected chi connectivity index (χ2v) is 6.59. The average molecular weight is 380 g/mol. The number of hydrogen-bond acceptors (Lipinski definition) is 3. The Labute approximate surface area is 151 Å². The van der Waals surface area contributed by atoms with Gasteiger partial charge in [-0.2, -0.15) is 9.72 Å².